The molecule has 0 spiro atoms. The third-order valence-electron chi connectivity index (χ3n) is 3.73. The molecule has 19 heavy (non-hydrogen) atoms. The van der Waals surface area contributed by atoms with E-state index in [0.29, 0.717) is 12.4 Å². The Hall–Kier alpha value is -1.36. The van der Waals surface area contributed by atoms with Crippen molar-refractivity contribution in [3.05, 3.63) is 11.9 Å². The number of nitrogens with one attached hydrogen (secondary N) is 2. The zero-order valence-corrected chi connectivity index (χ0v) is 12.7. The Bertz CT molecular complexity index is 383. The van der Waals surface area contributed by atoms with Gasteiger partial charge in [-0.25, -0.2) is 9.97 Å². The van der Waals surface area contributed by atoms with Gasteiger partial charge in [0.05, 0.1) is 0 Å². The van der Waals surface area contributed by atoms with Crippen molar-refractivity contribution in [1.82, 2.24) is 9.97 Å². The highest BCUT2D eigenvalue weighted by molar-refractivity contribution is 5.48. The van der Waals surface area contributed by atoms with Crippen LogP contribution in [0.3, 0.4) is 0 Å². The van der Waals surface area contributed by atoms with Gasteiger partial charge in [0.25, 0.3) is 0 Å². The van der Waals surface area contributed by atoms with Crippen LogP contribution in [-0.4, -0.2) is 29.7 Å². The van der Waals surface area contributed by atoms with E-state index in [0.717, 1.165) is 30.9 Å². The summed E-state index contributed by atoms with van der Waals surface area (Å²) in [6.07, 6.45) is 3.20. The van der Waals surface area contributed by atoms with Gasteiger partial charge in [-0.1, -0.05) is 20.8 Å². The normalized spacial score (nSPS) is 11.4. The Labute approximate surface area is 116 Å². The monoisotopic (exact) mass is 266 g/mol. The Kier molecular flexibility index (Phi) is 6.02. The van der Waals surface area contributed by atoms with E-state index in [4.69, 9.17) is 4.74 Å². The average Bonchev–Trinajstić information content (AvgIpc) is 2.45. The van der Waals surface area contributed by atoms with Gasteiger partial charge in [-0.15, -0.1) is 0 Å². The number of rotatable bonds is 8. The van der Waals surface area contributed by atoms with Gasteiger partial charge in [0, 0.05) is 25.8 Å². The van der Waals surface area contributed by atoms with Crippen molar-refractivity contribution in [3.8, 4) is 0 Å². The maximum atomic E-state index is 5.11. The highest BCUT2D eigenvalue weighted by atomic mass is 16.5. The van der Waals surface area contributed by atoms with Crippen LogP contribution in [0.15, 0.2) is 6.07 Å². The molecule has 0 atom stereocenters. The molecule has 5 nitrogen and oxygen atoms in total. The first-order valence-corrected chi connectivity index (χ1v) is 6.95. The molecule has 0 aliphatic rings. The predicted molar refractivity (Wildman–Crippen MR) is 79.5 cm³/mol. The second-order valence-electron chi connectivity index (χ2n) is 4.70. The van der Waals surface area contributed by atoms with Crippen LogP contribution in [0.2, 0.25) is 0 Å². The van der Waals surface area contributed by atoms with Gasteiger partial charge in [0.15, 0.2) is 5.82 Å². The molecule has 1 aromatic rings. The van der Waals surface area contributed by atoms with Crippen molar-refractivity contribution in [2.24, 2.45) is 0 Å². The van der Waals surface area contributed by atoms with E-state index >= 15 is 0 Å². The first-order chi connectivity index (χ1) is 9.12. The summed E-state index contributed by atoms with van der Waals surface area (Å²) in [6, 6.07) is 1.94. The summed E-state index contributed by atoms with van der Waals surface area (Å²) in [7, 11) is 3.51. The van der Waals surface area contributed by atoms with E-state index in [2.05, 4.69) is 41.4 Å². The molecular formula is C14H26N4O. The minimum Gasteiger partial charge on any atom is -0.377 e. The highest BCUT2D eigenvalue weighted by Gasteiger charge is 2.24. The second-order valence-corrected chi connectivity index (χ2v) is 4.70. The number of aromatic nitrogens is 2. The smallest absolute Gasteiger partial charge is 0.158 e. The minimum atomic E-state index is 0.101. The third kappa shape index (κ3) is 4.06. The minimum absolute atomic E-state index is 0.101. The maximum absolute atomic E-state index is 5.11. The van der Waals surface area contributed by atoms with Gasteiger partial charge in [-0.3, -0.25) is 0 Å². The topological polar surface area (TPSA) is 59.1 Å². The van der Waals surface area contributed by atoms with Crippen LogP contribution in [-0.2, 0) is 11.3 Å². The molecule has 1 heterocycles. The molecule has 0 fully saturated rings. The molecule has 0 unspecified atom stereocenters. The Morgan fingerprint density at radius 1 is 1.11 bits per heavy atom. The molecule has 0 aliphatic heterocycles. The predicted octanol–water partition coefficient (Wildman–Crippen LogP) is 3.05. The number of anilines is 2. The van der Waals surface area contributed by atoms with Crippen molar-refractivity contribution in [1.29, 1.82) is 0 Å². The second kappa shape index (κ2) is 7.28. The van der Waals surface area contributed by atoms with Crippen LogP contribution in [0.4, 0.5) is 11.6 Å². The standard InChI is InChI=1S/C14H26N4O/c1-6-14(7-2,8-3)18-12-9-11(15-4)16-13(17-12)10-19-5/h9H,6-8,10H2,1-5H3,(H2,15,16,17,18). The largest absolute Gasteiger partial charge is 0.377 e. The quantitative estimate of drug-likeness (QED) is 0.757. The number of nitrogens with zero attached hydrogens (tertiary/aromatic N) is 2. The molecule has 2 N–H and O–H groups in total. The molecule has 0 saturated heterocycles. The summed E-state index contributed by atoms with van der Waals surface area (Å²) in [5, 5.41) is 6.63. The summed E-state index contributed by atoms with van der Waals surface area (Å²) >= 11 is 0. The molecule has 0 amide bonds. The Morgan fingerprint density at radius 2 is 1.68 bits per heavy atom. The van der Waals surface area contributed by atoms with Gasteiger partial charge in [0.1, 0.15) is 18.2 Å². The molecule has 1 rings (SSSR count). The molecule has 5 heteroatoms. The summed E-state index contributed by atoms with van der Waals surface area (Å²) < 4.78 is 5.11. The molecular weight excluding hydrogens is 240 g/mol. The van der Waals surface area contributed by atoms with Gasteiger partial charge < -0.3 is 15.4 Å². The van der Waals surface area contributed by atoms with E-state index in [1.54, 1.807) is 7.11 Å². The Morgan fingerprint density at radius 3 is 2.16 bits per heavy atom. The number of hydrogen-bond donors (Lipinski definition) is 2. The van der Waals surface area contributed by atoms with Gasteiger partial charge in [0.2, 0.25) is 0 Å². The zero-order chi connectivity index (χ0) is 14.3. The van der Waals surface area contributed by atoms with E-state index in [-0.39, 0.29) is 5.54 Å². The van der Waals surface area contributed by atoms with E-state index in [9.17, 15) is 0 Å². The Balaban J connectivity index is 3.01. The van der Waals surface area contributed by atoms with E-state index in [1.165, 1.54) is 0 Å². The summed E-state index contributed by atoms with van der Waals surface area (Å²) in [6.45, 7) is 7.03. The van der Waals surface area contributed by atoms with Crippen LogP contribution in [0.5, 0.6) is 0 Å². The van der Waals surface area contributed by atoms with E-state index in [1.807, 2.05) is 13.1 Å². The van der Waals surface area contributed by atoms with Crippen LogP contribution >= 0.6 is 0 Å². The lowest BCUT2D eigenvalue weighted by atomic mass is 9.90. The molecule has 108 valence electrons. The average molecular weight is 266 g/mol. The van der Waals surface area contributed by atoms with E-state index < -0.39 is 0 Å². The van der Waals surface area contributed by atoms with Crippen LogP contribution in [0.1, 0.15) is 45.9 Å². The molecule has 0 aliphatic carbocycles. The molecule has 0 radical (unpaired) electrons. The molecule has 0 bridgehead atoms. The van der Waals surface area contributed by atoms with Crippen LogP contribution in [0, 0.1) is 0 Å². The number of methoxy groups -OCH3 is 1. The van der Waals surface area contributed by atoms with Gasteiger partial charge in [-0.2, -0.15) is 0 Å². The fourth-order valence-electron chi connectivity index (χ4n) is 2.17. The van der Waals surface area contributed by atoms with Crippen molar-refractivity contribution in [2.75, 3.05) is 24.8 Å². The lowest BCUT2D eigenvalue weighted by Gasteiger charge is -2.32. The summed E-state index contributed by atoms with van der Waals surface area (Å²) in [5.41, 5.74) is 0.101. The van der Waals surface area contributed by atoms with Crippen molar-refractivity contribution >= 4 is 11.6 Å². The lowest BCUT2D eigenvalue weighted by molar-refractivity contribution is 0.178. The van der Waals surface area contributed by atoms with Gasteiger partial charge in [-0.05, 0) is 19.3 Å². The fourth-order valence-corrected chi connectivity index (χ4v) is 2.17. The maximum Gasteiger partial charge on any atom is 0.158 e. The van der Waals surface area contributed by atoms with Crippen molar-refractivity contribution in [2.45, 2.75) is 52.2 Å². The number of hydrogen-bond acceptors (Lipinski definition) is 5. The highest BCUT2D eigenvalue weighted by Crippen LogP contribution is 2.25. The third-order valence-corrected chi connectivity index (χ3v) is 3.73. The summed E-state index contributed by atoms with van der Waals surface area (Å²) in [5.74, 6) is 2.35. The SMILES string of the molecule is CCC(CC)(CC)Nc1cc(NC)nc(COC)n1. The fraction of sp³-hybridized carbons (Fsp3) is 0.714. The first-order valence-electron chi connectivity index (χ1n) is 6.95. The molecule has 0 aromatic carbocycles. The molecule has 0 saturated carbocycles. The van der Waals surface area contributed by atoms with Crippen molar-refractivity contribution < 1.29 is 4.74 Å². The van der Waals surface area contributed by atoms with Crippen LogP contribution in [0.25, 0.3) is 0 Å². The van der Waals surface area contributed by atoms with Crippen LogP contribution < -0.4 is 10.6 Å². The molecule has 1 aromatic heterocycles. The number of ether oxygens (including phenoxy) is 1. The first kappa shape index (κ1) is 15.7. The van der Waals surface area contributed by atoms with Gasteiger partial charge >= 0.3 is 0 Å². The lowest BCUT2D eigenvalue weighted by Crippen LogP contribution is -2.36. The summed E-state index contributed by atoms with van der Waals surface area (Å²) in [4.78, 5) is 8.87. The van der Waals surface area contributed by atoms with Crippen molar-refractivity contribution in [3.63, 3.8) is 0 Å². The zero-order valence-electron chi connectivity index (χ0n) is 12.7.